The van der Waals surface area contributed by atoms with Crippen LogP contribution in [0.3, 0.4) is 0 Å². The van der Waals surface area contributed by atoms with Crippen molar-refractivity contribution in [2.75, 3.05) is 33.7 Å². The second-order valence-corrected chi connectivity index (χ2v) is 6.96. The van der Waals surface area contributed by atoms with Gasteiger partial charge in [0.1, 0.15) is 0 Å². The summed E-state index contributed by atoms with van der Waals surface area (Å²) in [6, 6.07) is 3.89. The van der Waals surface area contributed by atoms with Crippen LogP contribution >= 0.6 is 0 Å². The first kappa shape index (κ1) is 16.4. The minimum absolute atomic E-state index is 0.115. The van der Waals surface area contributed by atoms with Crippen LogP contribution in [0.4, 0.5) is 0 Å². The Hall–Kier alpha value is -1.46. The minimum Gasteiger partial charge on any atom is -0.373 e. The molecule has 23 heavy (non-hydrogen) atoms. The lowest BCUT2D eigenvalue weighted by atomic mass is 10.1. The molecule has 0 bridgehead atoms. The summed E-state index contributed by atoms with van der Waals surface area (Å²) >= 11 is 0. The fourth-order valence-corrected chi connectivity index (χ4v) is 3.48. The number of hydrogen-bond donors (Lipinski definition) is 0. The zero-order valence-electron chi connectivity index (χ0n) is 14.2. The molecule has 126 valence electrons. The summed E-state index contributed by atoms with van der Waals surface area (Å²) in [6.07, 6.45) is 7.60. The number of pyridine rings is 1. The van der Waals surface area contributed by atoms with Gasteiger partial charge in [-0.15, -0.1) is 0 Å². The Kier molecular flexibility index (Phi) is 5.28. The number of likely N-dealkylation sites (N-methyl/N-ethyl adjacent to an activating group) is 1. The predicted molar refractivity (Wildman–Crippen MR) is 89.5 cm³/mol. The Morgan fingerprint density at radius 1 is 1.26 bits per heavy atom. The number of carbonyl (C=O) groups excluding carboxylic acids is 1. The lowest BCUT2D eigenvalue weighted by Gasteiger charge is -2.17. The van der Waals surface area contributed by atoms with Gasteiger partial charge in [0.05, 0.1) is 17.8 Å². The van der Waals surface area contributed by atoms with Gasteiger partial charge in [0.25, 0.3) is 5.91 Å². The molecule has 3 heterocycles. The summed E-state index contributed by atoms with van der Waals surface area (Å²) < 4.78 is 6.08. The van der Waals surface area contributed by atoms with Crippen molar-refractivity contribution >= 4 is 5.91 Å². The maximum Gasteiger partial charge on any atom is 0.255 e. The highest BCUT2D eigenvalue weighted by molar-refractivity contribution is 5.94. The molecule has 5 nitrogen and oxygen atoms in total. The van der Waals surface area contributed by atoms with E-state index in [1.165, 1.54) is 0 Å². The molecule has 2 atom stereocenters. The lowest BCUT2D eigenvalue weighted by Crippen LogP contribution is -2.27. The number of carbonyl (C=O) groups is 1. The third-order valence-electron chi connectivity index (χ3n) is 4.67. The van der Waals surface area contributed by atoms with Crippen molar-refractivity contribution in [1.82, 2.24) is 14.8 Å². The first-order valence-electron chi connectivity index (χ1n) is 8.66. The molecule has 0 aliphatic carbocycles. The van der Waals surface area contributed by atoms with E-state index in [4.69, 9.17) is 4.74 Å². The van der Waals surface area contributed by atoms with Gasteiger partial charge in [0.15, 0.2) is 0 Å². The Morgan fingerprint density at radius 2 is 2.00 bits per heavy atom. The summed E-state index contributed by atoms with van der Waals surface area (Å²) in [7, 11) is 4.16. The third kappa shape index (κ3) is 4.30. The first-order chi connectivity index (χ1) is 11.1. The van der Waals surface area contributed by atoms with Gasteiger partial charge in [0, 0.05) is 37.9 Å². The van der Waals surface area contributed by atoms with Crippen LogP contribution in [0, 0.1) is 0 Å². The molecule has 2 aliphatic rings. The Balaban J connectivity index is 1.53. The summed E-state index contributed by atoms with van der Waals surface area (Å²) in [5.41, 5.74) is 1.71. The Labute approximate surface area is 138 Å². The molecule has 2 saturated heterocycles. The van der Waals surface area contributed by atoms with Crippen LogP contribution in [0.2, 0.25) is 0 Å². The van der Waals surface area contributed by atoms with Crippen LogP contribution in [0.25, 0.3) is 0 Å². The predicted octanol–water partition coefficient (Wildman–Crippen LogP) is 1.97. The van der Waals surface area contributed by atoms with Crippen LogP contribution in [-0.2, 0) is 11.2 Å². The molecule has 0 radical (unpaired) electrons. The highest BCUT2D eigenvalue weighted by Gasteiger charge is 2.26. The number of hydrogen-bond acceptors (Lipinski definition) is 4. The van der Waals surface area contributed by atoms with Gasteiger partial charge in [-0.25, -0.2) is 0 Å². The molecule has 2 aliphatic heterocycles. The van der Waals surface area contributed by atoms with Gasteiger partial charge in [-0.2, -0.15) is 0 Å². The molecule has 0 aromatic carbocycles. The first-order valence-corrected chi connectivity index (χ1v) is 8.66. The smallest absolute Gasteiger partial charge is 0.255 e. The van der Waals surface area contributed by atoms with Crippen LogP contribution in [0.5, 0.6) is 0 Å². The average molecular weight is 317 g/mol. The molecule has 5 heteroatoms. The molecule has 0 N–H and O–H groups in total. The molecular formula is C18H27N3O2. The average Bonchev–Trinajstić information content (AvgIpc) is 3.19. The van der Waals surface area contributed by atoms with E-state index in [0.29, 0.717) is 11.7 Å². The van der Waals surface area contributed by atoms with Crippen LogP contribution in [-0.4, -0.2) is 66.6 Å². The van der Waals surface area contributed by atoms with E-state index in [0.717, 1.165) is 57.4 Å². The normalized spacial score (nSPS) is 24.6. The zero-order valence-corrected chi connectivity index (χ0v) is 14.2. The van der Waals surface area contributed by atoms with Crippen LogP contribution < -0.4 is 0 Å². The largest absolute Gasteiger partial charge is 0.373 e. The van der Waals surface area contributed by atoms with Gasteiger partial charge < -0.3 is 14.5 Å². The summed E-state index contributed by atoms with van der Waals surface area (Å²) in [4.78, 5) is 20.9. The van der Waals surface area contributed by atoms with Crippen LogP contribution in [0.15, 0.2) is 18.3 Å². The fraction of sp³-hybridized carbons (Fsp3) is 0.667. The van der Waals surface area contributed by atoms with Crippen molar-refractivity contribution in [3.8, 4) is 0 Å². The van der Waals surface area contributed by atoms with E-state index in [2.05, 4.69) is 24.0 Å². The Morgan fingerprint density at radius 3 is 2.65 bits per heavy atom. The van der Waals surface area contributed by atoms with Crippen molar-refractivity contribution in [3.63, 3.8) is 0 Å². The quantitative estimate of drug-likeness (QED) is 0.833. The van der Waals surface area contributed by atoms with Crippen LogP contribution in [0.1, 0.15) is 41.7 Å². The van der Waals surface area contributed by atoms with Gasteiger partial charge >= 0.3 is 0 Å². The third-order valence-corrected chi connectivity index (χ3v) is 4.67. The van der Waals surface area contributed by atoms with E-state index in [1.54, 1.807) is 6.20 Å². The number of nitrogens with zero attached hydrogens (tertiary/aromatic N) is 3. The van der Waals surface area contributed by atoms with E-state index in [9.17, 15) is 4.79 Å². The zero-order chi connectivity index (χ0) is 16.2. The second-order valence-electron chi connectivity index (χ2n) is 6.96. The number of likely N-dealkylation sites (tertiary alicyclic amines) is 1. The van der Waals surface area contributed by atoms with Gasteiger partial charge in [0.2, 0.25) is 0 Å². The SMILES string of the molecule is CN(C)C[C@H]1CC[C@@H](Cc2ccc(C(=O)N3CCCC3)cn2)O1. The van der Waals surface area contributed by atoms with Crippen molar-refractivity contribution in [3.05, 3.63) is 29.6 Å². The van der Waals surface area contributed by atoms with Crippen molar-refractivity contribution in [2.45, 2.75) is 44.3 Å². The maximum absolute atomic E-state index is 12.3. The Bertz CT molecular complexity index is 524. The standard InChI is InChI=1S/C18H27N3O2/c1-20(2)13-17-8-7-16(23-17)11-15-6-5-14(12-19-15)18(22)21-9-3-4-10-21/h5-6,12,16-17H,3-4,7-11,13H2,1-2H3/t16-,17+/m0/s1. The number of rotatable bonds is 5. The van der Waals surface area contributed by atoms with Gasteiger partial charge in [-0.1, -0.05) is 0 Å². The maximum atomic E-state index is 12.3. The topological polar surface area (TPSA) is 45.7 Å². The summed E-state index contributed by atoms with van der Waals surface area (Å²) in [5.74, 6) is 0.115. The molecule has 0 spiro atoms. The molecule has 1 aromatic heterocycles. The van der Waals surface area contributed by atoms with Gasteiger partial charge in [-0.05, 0) is 51.9 Å². The van der Waals surface area contributed by atoms with E-state index in [-0.39, 0.29) is 12.0 Å². The van der Waals surface area contributed by atoms with Gasteiger partial charge in [-0.3, -0.25) is 9.78 Å². The highest BCUT2D eigenvalue weighted by atomic mass is 16.5. The molecule has 0 unspecified atom stereocenters. The van der Waals surface area contributed by atoms with E-state index < -0.39 is 0 Å². The van der Waals surface area contributed by atoms with E-state index >= 15 is 0 Å². The fourth-order valence-electron chi connectivity index (χ4n) is 3.48. The molecule has 1 amide bonds. The molecule has 1 aromatic rings. The highest BCUT2D eigenvalue weighted by Crippen LogP contribution is 2.23. The summed E-state index contributed by atoms with van der Waals surface area (Å²) in [6.45, 7) is 2.74. The van der Waals surface area contributed by atoms with Crippen molar-refractivity contribution < 1.29 is 9.53 Å². The monoisotopic (exact) mass is 317 g/mol. The molecule has 2 fully saturated rings. The molecule has 0 saturated carbocycles. The van der Waals surface area contributed by atoms with Crippen molar-refractivity contribution in [1.29, 1.82) is 0 Å². The summed E-state index contributed by atoms with van der Waals surface area (Å²) in [5, 5.41) is 0. The molecular weight excluding hydrogens is 290 g/mol. The van der Waals surface area contributed by atoms with Crippen molar-refractivity contribution in [2.24, 2.45) is 0 Å². The number of ether oxygens (including phenoxy) is 1. The number of aromatic nitrogens is 1. The lowest BCUT2D eigenvalue weighted by molar-refractivity contribution is 0.0313. The molecule has 3 rings (SSSR count). The minimum atomic E-state index is 0.115. The second kappa shape index (κ2) is 7.41. The number of amides is 1. The van der Waals surface area contributed by atoms with E-state index in [1.807, 2.05) is 17.0 Å².